The highest BCUT2D eigenvalue weighted by molar-refractivity contribution is 5.83. The fraction of sp³-hybridized carbons (Fsp3) is 0.294. The summed E-state index contributed by atoms with van der Waals surface area (Å²) in [5, 5.41) is 0. The van der Waals surface area contributed by atoms with Crippen LogP contribution in [0.25, 0.3) is 28.5 Å². The van der Waals surface area contributed by atoms with Crippen molar-refractivity contribution in [2.75, 3.05) is 71.7 Å². The molecular weight excluding hydrogens is 1190 g/mol. The molecule has 0 fully saturated rings. The molecule has 12 heteroatoms. The SMILES string of the molecule is Cc1c(N2C=C(c3ccccc3)N(C)[C@H]2C)cccc1N1C=C(c2ccccc2)N(C)[C@@H]1C.Cc1c(N2C=C(c3ccccc3)N(C)[C@H]2C)cccc1N1C=CN(C)[C@@H]1C.Cc1cccc(C)c1C1=CN(c2cccc(N3C=C(c4c(C)cccc4C)N(C)[C@@H]3C)c2C)[C@H](C)N1C. The molecule has 6 aliphatic heterocycles. The summed E-state index contributed by atoms with van der Waals surface area (Å²) >= 11 is 0. The Morgan fingerprint density at radius 3 is 0.701 bits per heavy atom. The molecule has 0 amide bonds. The van der Waals surface area contributed by atoms with E-state index in [2.05, 4.69) is 416 Å². The third-order valence-electron chi connectivity index (χ3n) is 21.7. The molecule has 14 rings (SSSR count). The monoisotopic (exact) mass is 1290 g/mol. The van der Waals surface area contributed by atoms with Gasteiger partial charge in [-0.15, -0.1) is 0 Å². The van der Waals surface area contributed by atoms with Crippen LogP contribution in [-0.2, 0) is 0 Å². The number of hydrogen-bond acceptors (Lipinski definition) is 12. The van der Waals surface area contributed by atoms with Crippen molar-refractivity contribution in [1.29, 1.82) is 0 Å². The van der Waals surface area contributed by atoms with E-state index in [1.807, 2.05) is 0 Å². The van der Waals surface area contributed by atoms with Crippen molar-refractivity contribution in [2.24, 2.45) is 0 Å². The van der Waals surface area contributed by atoms with E-state index in [1.54, 1.807) is 0 Å². The summed E-state index contributed by atoms with van der Waals surface area (Å²) in [7, 11) is 13.1. The Balaban J connectivity index is 0.000000140. The van der Waals surface area contributed by atoms with Crippen LogP contribution in [0.15, 0.2) is 225 Å². The van der Waals surface area contributed by atoms with E-state index in [-0.39, 0.29) is 30.8 Å². The molecule has 6 atom stereocenters. The summed E-state index contributed by atoms with van der Waals surface area (Å²) in [5.41, 5.74) is 29.4. The molecule has 6 aliphatic rings. The Bertz CT molecular complexity index is 4140. The average Bonchev–Trinajstić information content (AvgIpc) is 1.64. The summed E-state index contributed by atoms with van der Waals surface area (Å²) in [4.78, 5) is 28.4. The van der Waals surface area contributed by atoms with E-state index in [0.717, 1.165) is 0 Å². The second kappa shape index (κ2) is 27.5. The standard InChI is InChI=1S/C33H40N4.C29H32N4.C23H28N4/c1-21-13-10-14-22(2)32(21)30-19-36(26(6)34(30)8)28-17-12-18-29(25(28)5)37-20-31(35(9)27(37)7)33-23(3)15-11-16-24(33)4;1-21-26(32-19-28(30(4)22(32)2)24-13-8-6-9-14-24)17-12-18-27(21)33-20-29(31(5)23(33)3)25-15-10-7-11-16-25;1-17-21(26-15-14-24(4)18(26)2)12-9-13-22(17)27-16-23(25(5)19(27)3)20-10-7-6-8-11-20/h10-20,26-27H,1-9H3;6-20,22-23H,1-5H3;6-16,18-19H,1-5H3/t26-,27+;22-,23+;18-,19+/m..0/s1. The Morgan fingerprint density at radius 2 is 0.454 bits per heavy atom. The van der Waals surface area contributed by atoms with E-state index in [9.17, 15) is 0 Å². The number of anilines is 6. The van der Waals surface area contributed by atoms with Crippen molar-refractivity contribution in [3.63, 3.8) is 0 Å². The van der Waals surface area contributed by atoms with E-state index in [1.165, 1.54) is 129 Å². The van der Waals surface area contributed by atoms with Gasteiger partial charge in [0.05, 0.1) is 28.5 Å². The minimum absolute atomic E-state index is 0.224. The van der Waals surface area contributed by atoms with Gasteiger partial charge >= 0.3 is 0 Å². The van der Waals surface area contributed by atoms with Gasteiger partial charge in [-0.2, -0.15) is 0 Å². The summed E-state index contributed by atoms with van der Waals surface area (Å²) in [6.45, 7) is 29.2. The molecule has 0 aromatic heterocycles. The molecule has 0 saturated carbocycles. The van der Waals surface area contributed by atoms with Crippen LogP contribution in [-0.4, -0.2) is 109 Å². The van der Waals surface area contributed by atoms with Crippen molar-refractivity contribution >= 4 is 62.6 Å². The fourth-order valence-corrected chi connectivity index (χ4v) is 14.9. The van der Waals surface area contributed by atoms with Crippen molar-refractivity contribution in [2.45, 2.75) is 127 Å². The topological polar surface area (TPSA) is 38.9 Å². The largest absolute Gasteiger partial charge is 0.359 e. The van der Waals surface area contributed by atoms with Crippen molar-refractivity contribution in [3.8, 4) is 0 Å². The first-order chi connectivity index (χ1) is 46.6. The first-order valence-electron chi connectivity index (χ1n) is 34.5. The van der Waals surface area contributed by atoms with Crippen LogP contribution in [0.4, 0.5) is 34.1 Å². The van der Waals surface area contributed by atoms with Crippen LogP contribution in [0.2, 0.25) is 0 Å². The quantitative estimate of drug-likeness (QED) is 0.124. The third kappa shape index (κ3) is 12.4. The molecule has 8 aromatic rings. The van der Waals surface area contributed by atoms with Gasteiger partial charge in [-0.05, 0) is 182 Å². The fourth-order valence-electron chi connectivity index (χ4n) is 14.9. The van der Waals surface area contributed by atoms with Crippen molar-refractivity contribution < 1.29 is 0 Å². The molecule has 0 spiro atoms. The molecule has 97 heavy (non-hydrogen) atoms. The smallest absolute Gasteiger partial charge is 0.103 e. The van der Waals surface area contributed by atoms with Gasteiger partial charge in [0.15, 0.2) is 0 Å². The maximum atomic E-state index is 2.43. The summed E-state index contributed by atoms with van der Waals surface area (Å²) in [6, 6.07) is 65.0. The van der Waals surface area contributed by atoms with Crippen LogP contribution in [0.5, 0.6) is 0 Å². The van der Waals surface area contributed by atoms with Gasteiger partial charge in [0, 0.05) is 131 Å². The zero-order chi connectivity index (χ0) is 68.8. The maximum absolute atomic E-state index is 2.43. The predicted octanol–water partition coefficient (Wildman–Crippen LogP) is 18.3. The molecule has 500 valence electrons. The van der Waals surface area contributed by atoms with Gasteiger partial charge in [-0.25, -0.2) is 0 Å². The van der Waals surface area contributed by atoms with E-state index in [0.29, 0.717) is 6.17 Å². The van der Waals surface area contributed by atoms with Crippen LogP contribution in [0, 0.1) is 48.5 Å². The predicted molar refractivity (Wildman–Crippen MR) is 412 cm³/mol. The molecule has 12 nitrogen and oxygen atoms in total. The Labute approximate surface area is 579 Å². The van der Waals surface area contributed by atoms with E-state index >= 15 is 0 Å². The molecule has 0 radical (unpaired) electrons. The van der Waals surface area contributed by atoms with Crippen molar-refractivity contribution in [1.82, 2.24) is 29.4 Å². The number of hydrogen-bond donors (Lipinski definition) is 0. The zero-order valence-electron chi connectivity index (χ0n) is 60.7. The molecule has 0 bridgehead atoms. The summed E-state index contributed by atoms with van der Waals surface area (Å²) < 4.78 is 0. The van der Waals surface area contributed by atoms with Crippen LogP contribution >= 0.6 is 0 Å². The molecule has 0 unspecified atom stereocenters. The summed E-state index contributed by atoms with van der Waals surface area (Å²) in [5.74, 6) is 0. The lowest BCUT2D eigenvalue weighted by atomic mass is 10.00. The minimum Gasteiger partial charge on any atom is -0.359 e. The Kier molecular flexibility index (Phi) is 18.9. The highest BCUT2D eigenvalue weighted by Gasteiger charge is 2.36. The van der Waals surface area contributed by atoms with Gasteiger partial charge < -0.3 is 58.8 Å². The average molecular weight is 1290 g/mol. The van der Waals surface area contributed by atoms with Crippen LogP contribution in [0.3, 0.4) is 0 Å². The molecule has 8 aromatic carbocycles. The summed E-state index contributed by atoms with van der Waals surface area (Å²) in [6.07, 6.45) is 17.4. The molecular formula is C85H100N12. The normalized spacial score (nSPS) is 20.5. The van der Waals surface area contributed by atoms with Crippen LogP contribution in [0.1, 0.15) is 108 Å². The van der Waals surface area contributed by atoms with E-state index < -0.39 is 0 Å². The first-order valence-corrected chi connectivity index (χ1v) is 34.5. The lowest BCUT2D eigenvalue weighted by molar-refractivity contribution is 0.383. The number of nitrogens with zero attached hydrogens (tertiary/aromatic N) is 12. The lowest BCUT2D eigenvalue weighted by Gasteiger charge is -2.33. The minimum atomic E-state index is 0.224. The van der Waals surface area contributed by atoms with Gasteiger partial charge in [0.2, 0.25) is 0 Å². The van der Waals surface area contributed by atoms with Gasteiger partial charge in [0.25, 0.3) is 0 Å². The van der Waals surface area contributed by atoms with E-state index in [4.69, 9.17) is 0 Å². The van der Waals surface area contributed by atoms with Gasteiger partial charge in [-0.1, -0.05) is 146 Å². The van der Waals surface area contributed by atoms with Gasteiger partial charge in [0.1, 0.15) is 37.0 Å². The highest BCUT2D eigenvalue weighted by Crippen LogP contribution is 2.45. The third-order valence-corrected chi connectivity index (χ3v) is 21.7. The zero-order valence-corrected chi connectivity index (χ0v) is 60.7. The second-order valence-electron chi connectivity index (χ2n) is 27.2. The Morgan fingerprint density at radius 1 is 0.227 bits per heavy atom. The van der Waals surface area contributed by atoms with Crippen molar-refractivity contribution in [3.05, 3.63) is 292 Å². The maximum Gasteiger partial charge on any atom is 0.103 e. The lowest BCUT2D eigenvalue weighted by Crippen LogP contribution is -2.36. The number of benzene rings is 8. The van der Waals surface area contributed by atoms with Gasteiger partial charge in [-0.3, -0.25) is 0 Å². The number of rotatable bonds is 11. The first kappa shape index (κ1) is 66.8. The number of aryl methyl sites for hydroxylation is 4. The molecule has 0 N–H and O–H groups in total. The highest BCUT2D eigenvalue weighted by atomic mass is 15.4. The second-order valence-corrected chi connectivity index (χ2v) is 27.2. The molecule has 6 heterocycles. The Hall–Kier alpha value is -10.2. The molecule has 0 saturated heterocycles. The molecule has 0 aliphatic carbocycles. The van der Waals surface area contributed by atoms with Crippen LogP contribution < -0.4 is 29.4 Å².